The molecule has 2 rings (SSSR count). The first-order chi connectivity index (χ1) is 23.5. The molecule has 0 bridgehead atoms. The third-order valence-electron chi connectivity index (χ3n) is 6.62. The fourth-order valence-corrected chi connectivity index (χ4v) is 4.11. The van der Waals surface area contributed by atoms with Gasteiger partial charge in [-0.05, 0) is 0 Å². The molecule has 2 aliphatic heterocycles. The molecule has 4 amide bonds. The van der Waals surface area contributed by atoms with E-state index in [4.69, 9.17) is 38.1 Å². The highest BCUT2D eigenvalue weighted by atomic mass is 16.7. The van der Waals surface area contributed by atoms with Crippen molar-refractivity contribution in [1.82, 2.24) is 10.1 Å². The summed E-state index contributed by atoms with van der Waals surface area (Å²) in [5.41, 5.74) is -1.05. The van der Waals surface area contributed by atoms with Crippen molar-refractivity contribution in [2.75, 3.05) is 66.1 Å². The van der Waals surface area contributed by atoms with E-state index in [0.717, 1.165) is 12.2 Å². The molecule has 2 saturated heterocycles. The summed E-state index contributed by atoms with van der Waals surface area (Å²) >= 11 is 0. The first-order valence-corrected chi connectivity index (χ1v) is 15.5. The van der Waals surface area contributed by atoms with Crippen molar-refractivity contribution < 1.29 is 76.5 Å². The number of nitrogens with zero attached hydrogens (tertiary/aromatic N) is 2. The van der Waals surface area contributed by atoms with Gasteiger partial charge in [0.15, 0.2) is 0 Å². The predicted molar refractivity (Wildman–Crippen MR) is 161 cm³/mol. The summed E-state index contributed by atoms with van der Waals surface area (Å²) in [4.78, 5) is 104. The molecular formula is C31H42N2O16. The number of carbonyl (C=O) groups is 8. The van der Waals surface area contributed by atoms with Crippen LogP contribution in [0.15, 0.2) is 25.3 Å². The average Bonchev–Trinajstić information content (AvgIpc) is 3.57. The monoisotopic (exact) mass is 698 g/mol. The van der Waals surface area contributed by atoms with Gasteiger partial charge in [0.1, 0.15) is 0 Å². The first kappa shape index (κ1) is 40.7. The zero-order valence-electron chi connectivity index (χ0n) is 27.2. The highest BCUT2D eigenvalue weighted by molar-refractivity contribution is 6.02. The maximum atomic E-state index is 12.2. The largest absolute Gasteiger partial charge is 0.462 e. The van der Waals surface area contributed by atoms with Gasteiger partial charge in [0, 0.05) is 63.9 Å². The topological polar surface area (TPSA) is 217 Å². The van der Waals surface area contributed by atoms with E-state index in [-0.39, 0.29) is 105 Å². The van der Waals surface area contributed by atoms with Crippen LogP contribution < -0.4 is 0 Å². The van der Waals surface area contributed by atoms with Gasteiger partial charge >= 0.3 is 23.9 Å². The Morgan fingerprint density at radius 3 is 1.20 bits per heavy atom. The van der Waals surface area contributed by atoms with Crippen LogP contribution in [0.3, 0.4) is 0 Å². The Bertz CT molecular complexity index is 1090. The molecule has 18 heteroatoms. The molecule has 0 radical (unpaired) electrons. The Balaban J connectivity index is 2.00. The van der Waals surface area contributed by atoms with Crippen molar-refractivity contribution in [1.29, 1.82) is 0 Å². The molecule has 2 heterocycles. The summed E-state index contributed by atoms with van der Waals surface area (Å²) in [7, 11) is 0. The minimum absolute atomic E-state index is 0.0314. The van der Waals surface area contributed by atoms with Gasteiger partial charge in [-0.15, -0.1) is 10.1 Å². The summed E-state index contributed by atoms with van der Waals surface area (Å²) in [6.07, 6.45) is 1.93. The molecule has 0 N–H and O–H groups in total. The van der Waals surface area contributed by atoms with Crippen LogP contribution in [0, 0.1) is 5.41 Å². The summed E-state index contributed by atoms with van der Waals surface area (Å²) < 4.78 is 33.1. The van der Waals surface area contributed by atoms with Gasteiger partial charge < -0.3 is 38.1 Å². The Morgan fingerprint density at radius 2 is 0.878 bits per heavy atom. The average molecular weight is 699 g/mol. The Hall–Kier alpha value is -4.52. The Labute approximate surface area is 282 Å². The van der Waals surface area contributed by atoms with Gasteiger partial charge in [0.2, 0.25) is 0 Å². The number of hydrogen-bond acceptors (Lipinski definition) is 16. The molecular weight excluding hydrogens is 656 g/mol. The van der Waals surface area contributed by atoms with Crippen LogP contribution in [0.2, 0.25) is 0 Å². The predicted octanol–water partition coefficient (Wildman–Crippen LogP) is 0.272. The molecule has 0 aromatic heterocycles. The van der Waals surface area contributed by atoms with Crippen molar-refractivity contribution in [3.05, 3.63) is 25.3 Å². The number of esters is 2. The van der Waals surface area contributed by atoms with Gasteiger partial charge in [-0.1, -0.05) is 13.2 Å². The summed E-state index contributed by atoms with van der Waals surface area (Å²) in [5.74, 6) is -5.38. The van der Waals surface area contributed by atoms with Crippen molar-refractivity contribution in [3.63, 3.8) is 0 Å². The normalized spacial score (nSPS) is 14.6. The zero-order chi connectivity index (χ0) is 36.1. The van der Waals surface area contributed by atoms with Crippen LogP contribution in [0.25, 0.3) is 0 Å². The maximum absolute atomic E-state index is 12.2. The van der Waals surface area contributed by atoms with Crippen LogP contribution in [0.4, 0.5) is 0 Å². The Kier molecular flexibility index (Phi) is 18.4. The van der Waals surface area contributed by atoms with Crippen molar-refractivity contribution in [2.24, 2.45) is 5.41 Å². The second-order valence-corrected chi connectivity index (χ2v) is 10.8. The molecule has 2 fully saturated rings. The molecule has 0 aliphatic carbocycles. The van der Waals surface area contributed by atoms with Crippen molar-refractivity contribution >= 4 is 47.5 Å². The lowest BCUT2D eigenvalue weighted by Crippen LogP contribution is -2.42. The van der Waals surface area contributed by atoms with Crippen LogP contribution in [-0.4, -0.2) is 124 Å². The molecule has 0 aromatic carbocycles. The number of hydrogen-bond donors (Lipinski definition) is 0. The van der Waals surface area contributed by atoms with E-state index in [9.17, 15) is 38.4 Å². The van der Waals surface area contributed by atoms with E-state index < -0.39 is 52.9 Å². The first-order valence-electron chi connectivity index (χ1n) is 15.5. The summed E-state index contributed by atoms with van der Waals surface area (Å²) in [5, 5.41) is 0.864. The molecule has 0 unspecified atom stereocenters. The third-order valence-corrected chi connectivity index (χ3v) is 6.62. The van der Waals surface area contributed by atoms with Gasteiger partial charge in [-0.2, -0.15) is 0 Å². The number of ether oxygens (including phenoxy) is 6. The number of carbonyl (C=O) groups excluding carboxylic acids is 8. The molecule has 0 atom stereocenters. The highest BCUT2D eigenvalue weighted by Crippen LogP contribution is 2.22. The van der Waals surface area contributed by atoms with E-state index in [1.807, 2.05) is 0 Å². The second-order valence-electron chi connectivity index (χ2n) is 10.8. The van der Waals surface area contributed by atoms with E-state index in [1.165, 1.54) is 0 Å². The van der Waals surface area contributed by atoms with Crippen LogP contribution in [0.1, 0.15) is 51.4 Å². The number of hydroxylamine groups is 4. The molecule has 2 aliphatic rings. The van der Waals surface area contributed by atoms with Gasteiger partial charge in [0.25, 0.3) is 23.6 Å². The number of imide groups is 2. The maximum Gasteiger partial charge on any atom is 0.335 e. The standard InChI is InChI=1S/C31H42N2O16/c1-3-27(38)46-15-5-13-42-19-31(20-43-14-6-16-47-28(39)4-2,21-44-17-11-29(40)48-32-23(34)7-8-24(32)35)22-45-18-12-30(41)49-33-25(36)9-10-26(33)37/h3-4H,1-2,5-22H2. The SMILES string of the molecule is C=CC(=O)OCCCOCC(COCCCOC(=O)C=C)(COCCC(=O)ON1C(=O)CCC1=O)COCCC(=O)ON1C(=O)CCC1=O. The quantitative estimate of drug-likeness (QED) is 0.0513. The van der Waals surface area contributed by atoms with Crippen LogP contribution in [0.5, 0.6) is 0 Å². The van der Waals surface area contributed by atoms with Crippen LogP contribution in [-0.2, 0) is 76.5 Å². The minimum Gasteiger partial charge on any atom is -0.462 e. The second kappa shape index (κ2) is 22.2. The van der Waals surface area contributed by atoms with Gasteiger partial charge in [0.05, 0.1) is 71.1 Å². The molecule has 0 saturated carbocycles. The molecule has 0 aromatic rings. The molecule has 272 valence electrons. The molecule has 49 heavy (non-hydrogen) atoms. The number of amides is 4. The van der Waals surface area contributed by atoms with Gasteiger partial charge in [-0.25, -0.2) is 19.2 Å². The highest BCUT2D eigenvalue weighted by Gasteiger charge is 2.35. The third kappa shape index (κ3) is 15.5. The fourth-order valence-electron chi connectivity index (χ4n) is 4.11. The van der Waals surface area contributed by atoms with Crippen molar-refractivity contribution in [3.8, 4) is 0 Å². The number of rotatable bonds is 26. The van der Waals surface area contributed by atoms with Gasteiger partial charge in [-0.3, -0.25) is 19.2 Å². The van der Waals surface area contributed by atoms with E-state index in [1.54, 1.807) is 0 Å². The minimum atomic E-state index is -1.05. The Morgan fingerprint density at radius 1 is 0.551 bits per heavy atom. The fraction of sp³-hybridized carbons (Fsp3) is 0.613. The zero-order valence-corrected chi connectivity index (χ0v) is 27.2. The summed E-state index contributed by atoms with van der Waals surface area (Å²) in [6.45, 7) is 6.44. The molecule has 0 spiro atoms. The summed E-state index contributed by atoms with van der Waals surface area (Å²) in [6, 6.07) is 0. The van der Waals surface area contributed by atoms with E-state index in [0.29, 0.717) is 23.0 Å². The lowest BCUT2D eigenvalue weighted by atomic mass is 9.92. The van der Waals surface area contributed by atoms with E-state index >= 15 is 0 Å². The lowest BCUT2D eigenvalue weighted by molar-refractivity contribution is -0.198. The lowest BCUT2D eigenvalue weighted by Gasteiger charge is -2.33. The van der Waals surface area contributed by atoms with Crippen molar-refractivity contribution in [2.45, 2.75) is 51.4 Å². The van der Waals surface area contributed by atoms with Crippen LogP contribution >= 0.6 is 0 Å². The molecule has 18 nitrogen and oxygen atoms in total. The van der Waals surface area contributed by atoms with E-state index in [2.05, 4.69) is 13.2 Å². The smallest absolute Gasteiger partial charge is 0.335 e.